The molecule has 37 heavy (non-hydrogen) atoms. The molecule has 2 aromatic rings. The van der Waals surface area contributed by atoms with Gasteiger partial charge in [0.25, 0.3) is 5.91 Å². The minimum Gasteiger partial charge on any atom is -0.462 e. The standard InChI is InChI=1S/C27H30N2O8/c1-3-5-14-36-26(33)18-6-10-21(11-7-18)28-23(30)17-37-27(34)20-15-24(31)29(16-20)22-12-8-19(9-13-22)25(32)35-4-2/h6-13,20H,3-5,14-17H2,1-2H3,(H,28,30)/t20-/m1/s1. The van der Waals surface area contributed by atoms with E-state index in [2.05, 4.69) is 5.32 Å². The van der Waals surface area contributed by atoms with E-state index in [0.29, 0.717) is 29.1 Å². The third kappa shape index (κ3) is 7.63. The average molecular weight is 511 g/mol. The van der Waals surface area contributed by atoms with Crippen molar-refractivity contribution in [1.82, 2.24) is 0 Å². The van der Waals surface area contributed by atoms with Crippen LogP contribution in [0.3, 0.4) is 0 Å². The van der Waals surface area contributed by atoms with Crippen LogP contribution in [0.2, 0.25) is 0 Å². The summed E-state index contributed by atoms with van der Waals surface area (Å²) in [5, 5.41) is 2.59. The molecule has 0 unspecified atom stereocenters. The Balaban J connectivity index is 1.46. The van der Waals surface area contributed by atoms with Crippen LogP contribution >= 0.6 is 0 Å². The van der Waals surface area contributed by atoms with Gasteiger partial charge in [0.15, 0.2) is 6.61 Å². The lowest BCUT2D eigenvalue weighted by Gasteiger charge is -2.17. The smallest absolute Gasteiger partial charge is 0.338 e. The molecular weight excluding hydrogens is 480 g/mol. The lowest BCUT2D eigenvalue weighted by molar-refractivity contribution is -0.151. The molecule has 1 saturated heterocycles. The molecule has 10 nitrogen and oxygen atoms in total. The molecule has 0 aliphatic carbocycles. The van der Waals surface area contributed by atoms with Crippen LogP contribution in [0.25, 0.3) is 0 Å². The first-order chi connectivity index (χ1) is 17.8. The Morgan fingerprint density at radius 1 is 0.892 bits per heavy atom. The summed E-state index contributed by atoms with van der Waals surface area (Å²) in [4.78, 5) is 62.3. The zero-order valence-electron chi connectivity index (χ0n) is 20.9. The molecule has 3 rings (SSSR count). The van der Waals surface area contributed by atoms with E-state index in [1.165, 1.54) is 17.0 Å². The third-order valence-corrected chi connectivity index (χ3v) is 5.63. The van der Waals surface area contributed by atoms with Gasteiger partial charge in [-0.15, -0.1) is 0 Å². The Bertz CT molecular complexity index is 1130. The molecule has 10 heteroatoms. The number of unbranched alkanes of at least 4 members (excludes halogenated alkanes) is 1. The number of amides is 2. The number of hydrogen-bond acceptors (Lipinski definition) is 8. The molecule has 2 aromatic carbocycles. The zero-order valence-corrected chi connectivity index (χ0v) is 20.9. The van der Waals surface area contributed by atoms with Gasteiger partial charge in [-0.2, -0.15) is 0 Å². The number of ether oxygens (including phenoxy) is 3. The number of hydrogen-bond donors (Lipinski definition) is 1. The number of rotatable bonds is 11. The average Bonchev–Trinajstić information content (AvgIpc) is 3.29. The second kappa shape index (κ2) is 13.2. The molecule has 1 N–H and O–H groups in total. The highest BCUT2D eigenvalue weighted by atomic mass is 16.5. The number of carbonyl (C=O) groups excluding carboxylic acids is 5. The molecule has 1 aliphatic rings. The van der Waals surface area contributed by atoms with Gasteiger partial charge in [-0.05, 0) is 61.9 Å². The zero-order chi connectivity index (χ0) is 26.8. The van der Waals surface area contributed by atoms with E-state index in [9.17, 15) is 24.0 Å². The van der Waals surface area contributed by atoms with Crippen LogP contribution in [0, 0.1) is 5.92 Å². The molecule has 0 radical (unpaired) electrons. The van der Waals surface area contributed by atoms with Crippen molar-refractivity contribution in [3.8, 4) is 0 Å². The van der Waals surface area contributed by atoms with E-state index < -0.39 is 36.3 Å². The molecule has 1 aliphatic heterocycles. The summed E-state index contributed by atoms with van der Waals surface area (Å²) >= 11 is 0. The van der Waals surface area contributed by atoms with Crippen molar-refractivity contribution < 1.29 is 38.2 Å². The Labute approximate surface area is 214 Å². The van der Waals surface area contributed by atoms with Crippen LogP contribution in [0.15, 0.2) is 48.5 Å². The molecule has 0 bridgehead atoms. The van der Waals surface area contributed by atoms with Gasteiger partial charge in [0, 0.05) is 24.3 Å². The predicted molar refractivity (Wildman–Crippen MR) is 134 cm³/mol. The number of nitrogens with zero attached hydrogens (tertiary/aromatic N) is 1. The van der Waals surface area contributed by atoms with E-state index in [0.717, 1.165) is 12.8 Å². The van der Waals surface area contributed by atoms with Gasteiger partial charge >= 0.3 is 17.9 Å². The third-order valence-electron chi connectivity index (χ3n) is 5.63. The minimum absolute atomic E-state index is 0.0457. The highest BCUT2D eigenvalue weighted by Crippen LogP contribution is 2.26. The first kappa shape index (κ1) is 27.4. The molecule has 0 spiro atoms. The molecule has 196 valence electrons. The lowest BCUT2D eigenvalue weighted by atomic mass is 10.1. The summed E-state index contributed by atoms with van der Waals surface area (Å²) in [6.07, 6.45) is 1.66. The topological polar surface area (TPSA) is 128 Å². The number of carbonyl (C=O) groups is 5. The van der Waals surface area contributed by atoms with E-state index in [4.69, 9.17) is 14.2 Å². The van der Waals surface area contributed by atoms with E-state index >= 15 is 0 Å². The van der Waals surface area contributed by atoms with Crippen molar-refractivity contribution in [1.29, 1.82) is 0 Å². The molecule has 1 atom stereocenters. The van der Waals surface area contributed by atoms with Crippen molar-refractivity contribution in [2.75, 3.05) is 36.6 Å². The monoisotopic (exact) mass is 510 g/mol. The predicted octanol–water partition coefficient (Wildman–Crippen LogP) is 3.36. The van der Waals surface area contributed by atoms with Crippen molar-refractivity contribution in [3.05, 3.63) is 59.7 Å². The summed E-state index contributed by atoms with van der Waals surface area (Å²) in [5.74, 6) is -3.08. The van der Waals surface area contributed by atoms with Gasteiger partial charge in [0.05, 0.1) is 30.3 Å². The SMILES string of the molecule is CCCCOC(=O)c1ccc(NC(=O)COC(=O)[C@@H]2CC(=O)N(c3ccc(C(=O)OCC)cc3)C2)cc1. The van der Waals surface area contributed by atoms with Gasteiger partial charge < -0.3 is 24.4 Å². The van der Waals surface area contributed by atoms with Crippen LogP contribution in [0.5, 0.6) is 0 Å². The highest BCUT2D eigenvalue weighted by molar-refractivity contribution is 6.00. The van der Waals surface area contributed by atoms with Crippen LogP contribution in [0.1, 0.15) is 53.8 Å². The van der Waals surface area contributed by atoms with Gasteiger partial charge in [-0.25, -0.2) is 9.59 Å². The van der Waals surface area contributed by atoms with E-state index in [1.807, 2.05) is 6.92 Å². The highest BCUT2D eigenvalue weighted by Gasteiger charge is 2.36. The maximum absolute atomic E-state index is 12.5. The van der Waals surface area contributed by atoms with E-state index in [-0.39, 0.29) is 25.5 Å². The number of nitrogens with one attached hydrogen (secondary N) is 1. The van der Waals surface area contributed by atoms with Crippen LogP contribution in [-0.4, -0.2) is 56.1 Å². The normalized spacial score (nSPS) is 14.7. The van der Waals surface area contributed by atoms with Crippen LogP contribution in [-0.2, 0) is 28.6 Å². The van der Waals surface area contributed by atoms with Crippen LogP contribution < -0.4 is 10.2 Å². The lowest BCUT2D eigenvalue weighted by Crippen LogP contribution is -2.28. The quantitative estimate of drug-likeness (QED) is 0.277. The number of anilines is 2. The molecule has 1 fully saturated rings. The van der Waals surface area contributed by atoms with Gasteiger partial charge in [-0.3, -0.25) is 14.4 Å². The number of benzene rings is 2. The molecule has 0 aromatic heterocycles. The Kier molecular flexibility index (Phi) is 9.76. The Hall–Kier alpha value is -4.21. The van der Waals surface area contributed by atoms with Gasteiger partial charge in [-0.1, -0.05) is 13.3 Å². The van der Waals surface area contributed by atoms with Crippen molar-refractivity contribution >= 4 is 41.1 Å². The Morgan fingerprint density at radius 2 is 1.51 bits per heavy atom. The first-order valence-corrected chi connectivity index (χ1v) is 12.1. The maximum atomic E-state index is 12.5. The van der Waals surface area contributed by atoms with Crippen molar-refractivity contribution in [2.24, 2.45) is 5.92 Å². The largest absolute Gasteiger partial charge is 0.462 e. The molecule has 2 amide bonds. The van der Waals surface area contributed by atoms with Crippen molar-refractivity contribution in [3.63, 3.8) is 0 Å². The fraction of sp³-hybridized carbons (Fsp3) is 0.370. The minimum atomic E-state index is -0.719. The fourth-order valence-electron chi connectivity index (χ4n) is 3.64. The molecular formula is C27H30N2O8. The summed E-state index contributed by atoms with van der Waals surface area (Å²) < 4.78 is 15.2. The Morgan fingerprint density at radius 3 is 2.14 bits per heavy atom. The van der Waals surface area contributed by atoms with Gasteiger partial charge in [0.1, 0.15) is 0 Å². The van der Waals surface area contributed by atoms with E-state index in [1.54, 1.807) is 43.3 Å². The first-order valence-electron chi connectivity index (χ1n) is 12.1. The number of esters is 3. The van der Waals surface area contributed by atoms with Crippen molar-refractivity contribution in [2.45, 2.75) is 33.1 Å². The summed E-state index contributed by atoms with van der Waals surface area (Å²) in [5.41, 5.74) is 1.70. The molecule has 0 saturated carbocycles. The van der Waals surface area contributed by atoms with Crippen LogP contribution in [0.4, 0.5) is 11.4 Å². The maximum Gasteiger partial charge on any atom is 0.338 e. The summed E-state index contributed by atoms with van der Waals surface area (Å²) in [6.45, 7) is 3.91. The second-order valence-corrected chi connectivity index (χ2v) is 8.40. The van der Waals surface area contributed by atoms with Gasteiger partial charge in [0.2, 0.25) is 5.91 Å². The summed E-state index contributed by atoms with van der Waals surface area (Å²) in [6, 6.07) is 12.5. The summed E-state index contributed by atoms with van der Waals surface area (Å²) in [7, 11) is 0. The fourth-order valence-corrected chi connectivity index (χ4v) is 3.64. The molecule has 1 heterocycles. The second-order valence-electron chi connectivity index (χ2n) is 8.40.